The molecule has 0 radical (unpaired) electrons. The number of ether oxygens (including phenoxy) is 1. The fraction of sp³-hybridized carbons (Fsp3) is 0.188. The van der Waals surface area contributed by atoms with Gasteiger partial charge in [-0.15, -0.1) is 0 Å². The first kappa shape index (κ1) is 32.3. The number of alkyl halides is 3. The number of amides is 2. The van der Waals surface area contributed by atoms with Crippen LogP contribution in [0, 0.1) is 17.0 Å². The van der Waals surface area contributed by atoms with Gasteiger partial charge in [-0.1, -0.05) is 35.9 Å². The molecule has 0 aliphatic carbocycles. The van der Waals surface area contributed by atoms with Gasteiger partial charge in [0.05, 0.1) is 17.1 Å². The third-order valence-electron chi connectivity index (χ3n) is 6.68. The number of hydrogen-bond donors (Lipinski definition) is 1. The van der Waals surface area contributed by atoms with E-state index >= 15 is 0 Å². The molecule has 2 amide bonds. The molecule has 0 fully saturated rings. The minimum absolute atomic E-state index is 0.00246. The lowest BCUT2D eigenvalue weighted by Gasteiger charge is -2.22. The summed E-state index contributed by atoms with van der Waals surface area (Å²) >= 11 is 0. The molecular weight excluding hydrogens is 593 g/mol. The molecule has 13 heteroatoms. The molecule has 4 aromatic rings. The minimum Gasteiger partial charge on any atom is -0.459 e. The predicted molar refractivity (Wildman–Crippen MR) is 160 cm³/mol. The highest BCUT2D eigenvalue weighted by Gasteiger charge is 2.31. The van der Waals surface area contributed by atoms with E-state index in [0.29, 0.717) is 16.8 Å². The van der Waals surface area contributed by atoms with E-state index in [1.807, 2.05) is 0 Å². The van der Waals surface area contributed by atoms with Gasteiger partial charge in [0.1, 0.15) is 5.69 Å². The smallest absolute Gasteiger partial charge is 0.416 e. The summed E-state index contributed by atoms with van der Waals surface area (Å²) in [6.45, 7) is 3.05. The highest BCUT2D eigenvalue weighted by molar-refractivity contribution is 6.38. The summed E-state index contributed by atoms with van der Waals surface area (Å²) in [6, 6.07) is 17.9. The van der Waals surface area contributed by atoms with Crippen molar-refractivity contribution in [2.45, 2.75) is 26.4 Å². The normalized spacial score (nSPS) is 11.0. The Balaban J connectivity index is 1.66. The van der Waals surface area contributed by atoms with Crippen LogP contribution in [-0.2, 0) is 26.9 Å². The average Bonchev–Trinajstić information content (AvgIpc) is 3.01. The van der Waals surface area contributed by atoms with Crippen LogP contribution in [0.4, 0.5) is 30.2 Å². The van der Waals surface area contributed by atoms with E-state index in [2.05, 4.69) is 10.3 Å². The van der Waals surface area contributed by atoms with Gasteiger partial charge in [0.15, 0.2) is 0 Å². The zero-order valence-corrected chi connectivity index (χ0v) is 24.1. The first-order chi connectivity index (χ1) is 21.4. The van der Waals surface area contributed by atoms with Crippen molar-refractivity contribution in [3.63, 3.8) is 0 Å². The number of nitrogens with one attached hydrogen (secondary N) is 1. The van der Waals surface area contributed by atoms with Gasteiger partial charge in [-0.05, 0) is 67.4 Å². The second kappa shape index (κ2) is 13.8. The number of nitro benzene ring substituents is 1. The molecule has 0 atom stereocenters. The zero-order valence-electron chi connectivity index (χ0n) is 24.1. The number of carbonyl (C=O) groups excluding carboxylic acids is 3. The molecule has 0 unspecified atom stereocenters. The summed E-state index contributed by atoms with van der Waals surface area (Å²) in [5.41, 5.74) is 0.543. The number of hydrogen-bond acceptors (Lipinski definition) is 7. The molecule has 4 rings (SSSR count). The number of aryl methyl sites for hydroxylation is 1. The molecule has 45 heavy (non-hydrogen) atoms. The van der Waals surface area contributed by atoms with Crippen molar-refractivity contribution in [3.05, 3.63) is 118 Å². The molecule has 3 aromatic carbocycles. The van der Waals surface area contributed by atoms with Crippen molar-refractivity contribution in [1.29, 1.82) is 0 Å². The maximum Gasteiger partial charge on any atom is 0.416 e. The number of carbonyl (C=O) groups is 3. The third-order valence-corrected chi connectivity index (χ3v) is 6.68. The van der Waals surface area contributed by atoms with Crippen molar-refractivity contribution >= 4 is 34.8 Å². The molecule has 0 bridgehead atoms. The molecule has 1 aromatic heterocycles. The number of nitrogens with zero attached hydrogens (tertiary/aromatic N) is 3. The highest BCUT2D eigenvalue weighted by Crippen LogP contribution is 2.34. The fourth-order valence-electron chi connectivity index (χ4n) is 4.51. The van der Waals surface area contributed by atoms with Crippen molar-refractivity contribution < 1.29 is 37.2 Å². The van der Waals surface area contributed by atoms with Crippen LogP contribution < -0.4 is 10.2 Å². The summed E-state index contributed by atoms with van der Waals surface area (Å²) in [6.07, 6.45) is -2.81. The van der Waals surface area contributed by atoms with E-state index in [4.69, 9.17) is 4.74 Å². The Hall–Kier alpha value is -5.59. The van der Waals surface area contributed by atoms with Gasteiger partial charge in [0.2, 0.25) is 0 Å². The molecule has 0 saturated heterocycles. The number of rotatable bonds is 9. The topological polar surface area (TPSA) is 132 Å². The van der Waals surface area contributed by atoms with Gasteiger partial charge in [-0.2, -0.15) is 13.2 Å². The minimum atomic E-state index is -4.53. The van der Waals surface area contributed by atoms with E-state index in [0.717, 1.165) is 28.7 Å². The Kier molecular flexibility index (Phi) is 9.91. The maximum atomic E-state index is 13.4. The van der Waals surface area contributed by atoms with Crippen molar-refractivity contribution in [1.82, 2.24) is 4.98 Å². The van der Waals surface area contributed by atoms with Crippen molar-refractivity contribution in [2.75, 3.05) is 23.4 Å². The van der Waals surface area contributed by atoms with Gasteiger partial charge < -0.3 is 10.1 Å². The van der Waals surface area contributed by atoms with Crippen molar-refractivity contribution in [2.24, 2.45) is 0 Å². The van der Waals surface area contributed by atoms with Crippen LogP contribution in [-0.4, -0.2) is 40.8 Å². The van der Waals surface area contributed by atoms with Crippen LogP contribution in [0.1, 0.15) is 34.1 Å². The number of halogens is 3. The van der Waals surface area contributed by atoms with Gasteiger partial charge in [-0.25, -0.2) is 4.79 Å². The Morgan fingerprint density at radius 2 is 1.73 bits per heavy atom. The number of anilines is 2. The van der Waals surface area contributed by atoms with Gasteiger partial charge in [0.25, 0.3) is 11.6 Å². The van der Waals surface area contributed by atoms with E-state index < -0.39 is 40.1 Å². The third kappa shape index (κ3) is 7.88. The molecule has 0 aliphatic heterocycles. The van der Waals surface area contributed by atoms with Crippen LogP contribution in [0.3, 0.4) is 0 Å². The Bertz CT molecular complexity index is 1730. The summed E-state index contributed by atoms with van der Waals surface area (Å²) in [4.78, 5) is 55.3. The van der Waals surface area contributed by atoms with Gasteiger partial charge in [-0.3, -0.25) is 29.6 Å². The number of aromatic nitrogens is 1. The highest BCUT2D eigenvalue weighted by atomic mass is 19.4. The molecule has 232 valence electrons. The standard InChI is InChI=1S/C32H27F3N4O6/c1-3-45-31(42)30(41)38(17-15-23-6-4-5-16-36-23)27-14-12-24(19-28(27)39(43)44)37-29(40)25-13-7-20(2)18-26(25)21-8-10-22(11-9-21)32(33,34)35/h4-14,16,18-19H,3,15,17H2,1-2H3,(H,37,40). The second-order valence-corrected chi connectivity index (χ2v) is 9.79. The molecule has 0 saturated carbocycles. The molecule has 0 spiro atoms. The van der Waals surface area contributed by atoms with Gasteiger partial charge >= 0.3 is 18.1 Å². The Morgan fingerprint density at radius 1 is 1.00 bits per heavy atom. The molecule has 0 aliphatic rings. The zero-order chi connectivity index (χ0) is 32.7. The van der Waals surface area contributed by atoms with Crippen LogP contribution in [0.15, 0.2) is 85.1 Å². The SMILES string of the molecule is CCOC(=O)C(=O)N(CCc1ccccn1)c1ccc(NC(=O)c2ccc(C)cc2-c2ccc(C(F)(F)F)cc2)cc1[N+](=O)[O-]. The monoisotopic (exact) mass is 620 g/mol. The first-order valence-electron chi connectivity index (χ1n) is 13.7. The van der Waals surface area contributed by atoms with E-state index in [1.165, 1.54) is 37.3 Å². The molecule has 1 N–H and O–H groups in total. The second-order valence-electron chi connectivity index (χ2n) is 9.79. The van der Waals surface area contributed by atoms with Crippen LogP contribution in [0.25, 0.3) is 11.1 Å². The fourth-order valence-corrected chi connectivity index (χ4v) is 4.51. The summed E-state index contributed by atoms with van der Waals surface area (Å²) < 4.78 is 44.1. The first-order valence-corrected chi connectivity index (χ1v) is 13.7. The summed E-state index contributed by atoms with van der Waals surface area (Å²) in [7, 11) is 0. The van der Waals surface area contributed by atoms with Crippen LogP contribution in [0.2, 0.25) is 0 Å². The number of benzene rings is 3. The summed E-state index contributed by atoms with van der Waals surface area (Å²) in [5.74, 6) is -2.99. The number of esters is 1. The number of pyridine rings is 1. The Labute approximate surface area is 255 Å². The predicted octanol–water partition coefficient (Wildman–Crippen LogP) is 6.38. The Morgan fingerprint density at radius 3 is 2.36 bits per heavy atom. The molecule has 1 heterocycles. The lowest BCUT2D eigenvalue weighted by molar-refractivity contribution is -0.384. The maximum absolute atomic E-state index is 13.4. The largest absolute Gasteiger partial charge is 0.459 e. The van der Waals surface area contributed by atoms with Gasteiger partial charge in [0, 0.05) is 42.2 Å². The van der Waals surface area contributed by atoms with E-state index in [-0.39, 0.29) is 36.5 Å². The molecule has 10 nitrogen and oxygen atoms in total. The lowest BCUT2D eigenvalue weighted by Crippen LogP contribution is -2.39. The summed E-state index contributed by atoms with van der Waals surface area (Å²) in [5, 5.41) is 14.7. The quantitative estimate of drug-likeness (QED) is 0.0995. The lowest BCUT2D eigenvalue weighted by atomic mass is 9.96. The average molecular weight is 621 g/mol. The van der Waals surface area contributed by atoms with E-state index in [1.54, 1.807) is 43.5 Å². The van der Waals surface area contributed by atoms with E-state index in [9.17, 15) is 37.7 Å². The molecular formula is C32H27F3N4O6. The van der Waals surface area contributed by atoms with Crippen molar-refractivity contribution in [3.8, 4) is 11.1 Å². The van der Waals surface area contributed by atoms with Crippen LogP contribution in [0.5, 0.6) is 0 Å². The number of nitro groups is 1. The van der Waals surface area contributed by atoms with Crippen LogP contribution >= 0.6 is 0 Å².